The van der Waals surface area contributed by atoms with Crippen LogP contribution in [0.2, 0.25) is 0 Å². The fourth-order valence-corrected chi connectivity index (χ4v) is 2.41. The number of rotatable bonds is 5. The fourth-order valence-electron chi connectivity index (χ4n) is 2.41. The van der Waals surface area contributed by atoms with Gasteiger partial charge in [0, 0.05) is 12.1 Å². The van der Waals surface area contributed by atoms with Gasteiger partial charge in [0.1, 0.15) is 0 Å². The molecule has 1 saturated heterocycles. The lowest BCUT2D eigenvalue weighted by molar-refractivity contribution is 0.0228. The Bertz CT molecular complexity index is 234. The van der Waals surface area contributed by atoms with Crippen molar-refractivity contribution < 1.29 is 4.74 Å². The smallest absolute Gasteiger partial charge is 0.0585 e. The molecule has 1 fully saturated rings. The minimum absolute atomic E-state index is 0.209. The molecule has 3 unspecified atom stereocenters. The average molecular weight is 241 g/mol. The molecule has 2 heteroatoms. The molecule has 0 aromatic heterocycles. The molecule has 0 spiro atoms. The molecule has 1 heterocycles. The summed E-state index contributed by atoms with van der Waals surface area (Å²) in [5, 5.41) is 3.64. The summed E-state index contributed by atoms with van der Waals surface area (Å²) in [5.41, 5.74) is 0.572. The zero-order valence-corrected chi connectivity index (χ0v) is 12.6. The van der Waals surface area contributed by atoms with Crippen LogP contribution in [0, 0.1) is 5.41 Å². The molecule has 1 N–H and O–H groups in total. The maximum absolute atomic E-state index is 5.96. The van der Waals surface area contributed by atoms with Crippen molar-refractivity contribution >= 4 is 0 Å². The van der Waals surface area contributed by atoms with E-state index in [9.17, 15) is 0 Å². The maximum atomic E-state index is 5.96. The van der Waals surface area contributed by atoms with Crippen LogP contribution in [0.1, 0.15) is 67.2 Å². The summed E-state index contributed by atoms with van der Waals surface area (Å²) in [7, 11) is 0. The zero-order valence-electron chi connectivity index (χ0n) is 12.6. The lowest BCUT2D eigenvalue weighted by atomic mass is 9.80. The van der Waals surface area contributed by atoms with Crippen molar-refractivity contribution in [2.75, 3.05) is 6.54 Å². The third-order valence-corrected chi connectivity index (χ3v) is 3.94. The van der Waals surface area contributed by atoms with E-state index in [1.807, 2.05) is 0 Å². The summed E-state index contributed by atoms with van der Waals surface area (Å²) in [4.78, 5) is 0. The third-order valence-electron chi connectivity index (χ3n) is 3.94. The first-order valence-corrected chi connectivity index (χ1v) is 7.14. The molecular weight excluding hydrogens is 210 g/mol. The molecule has 0 bridgehead atoms. The highest BCUT2D eigenvalue weighted by atomic mass is 16.5. The predicted molar refractivity (Wildman–Crippen MR) is 74.3 cm³/mol. The van der Waals surface area contributed by atoms with Gasteiger partial charge in [-0.3, -0.25) is 0 Å². The van der Waals surface area contributed by atoms with Crippen LogP contribution in [0.5, 0.6) is 0 Å². The van der Waals surface area contributed by atoms with Crippen LogP contribution in [0.25, 0.3) is 0 Å². The minimum atomic E-state index is 0.209. The number of hydrogen-bond acceptors (Lipinski definition) is 2. The topological polar surface area (TPSA) is 21.3 Å². The van der Waals surface area contributed by atoms with E-state index in [1.54, 1.807) is 0 Å². The normalized spacial score (nSPS) is 29.3. The van der Waals surface area contributed by atoms with Crippen molar-refractivity contribution in [3.63, 3.8) is 0 Å². The second-order valence-electron chi connectivity index (χ2n) is 7.12. The van der Waals surface area contributed by atoms with E-state index in [-0.39, 0.29) is 5.54 Å². The summed E-state index contributed by atoms with van der Waals surface area (Å²) >= 11 is 0. The quantitative estimate of drug-likeness (QED) is 0.791. The molecule has 17 heavy (non-hydrogen) atoms. The Labute approximate surface area is 108 Å². The first-order chi connectivity index (χ1) is 7.74. The van der Waals surface area contributed by atoms with Gasteiger partial charge in [0.2, 0.25) is 0 Å². The summed E-state index contributed by atoms with van der Waals surface area (Å²) in [6.07, 6.45) is 5.83. The van der Waals surface area contributed by atoms with Gasteiger partial charge in [0.25, 0.3) is 0 Å². The number of nitrogens with one attached hydrogen (secondary N) is 1. The van der Waals surface area contributed by atoms with Crippen LogP contribution in [0.3, 0.4) is 0 Å². The van der Waals surface area contributed by atoms with Crippen molar-refractivity contribution in [1.82, 2.24) is 5.32 Å². The molecule has 0 aliphatic carbocycles. The van der Waals surface area contributed by atoms with Crippen LogP contribution in [-0.4, -0.2) is 24.3 Å². The highest BCUT2D eigenvalue weighted by Gasteiger charge is 2.31. The van der Waals surface area contributed by atoms with Gasteiger partial charge in [-0.1, -0.05) is 13.8 Å². The number of hydrogen-bond donors (Lipinski definition) is 1. The second-order valence-corrected chi connectivity index (χ2v) is 7.12. The van der Waals surface area contributed by atoms with Crippen molar-refractivity contribution in [2.24, 2.45) is 5.41 Å². The van der Waals surface area contributed by atoms with Gasteiger partial charge in [0.05, 0.1) is 12.2 Å². The van der Waals surface area contributed by atoms with Gasteiger partial charge in [-0.2, -0.15) is 0 Å². The summed E-state index contributed by atoms with van der Waals surface area (Å²) < 4.78 is 5.96. The van der Waals surface area contributed by atoms with Crippen LogP contribution >= 0.6 is 0 Å². The van der Waals surface area contributed by atoms with Gasteiger partial charge in [-0.15, -0.1) is 0 Å². The Morgan fingerprint density at radius 3 is 2.24 bits per heavy atom. The van der Waals surface area contributed by atoms with Crippen molar-refractivity contribution in [3.8, 4) is 0 Å². The number of ether oxygens (including phenoxy) is 1. The third kappa shape index (κ3) is 5.39. The predicted octanol–water partition coefficient (Wildman–Crippen LogP) is 3.75. The molecular formula is C15H31NO. The molecule has 0 amide bonds. The lowest BCUT2D eigenvalue weighted by Gasteiger charge is -2.34. The molecule has 102 valence electrons. The molecule has 1 aliphatic heterocycles. The van der Waals surface area contributed by atoms with Gasteiger partial charge in [-0.05, 0) is 58.8 Å². The lowest BCUT2D eigenvalue weighted by Crippen LogP contribution is -2.43. The highest BCUT2D eigenvalue weighted by Crippen LogP contribution is 2.33. The second kappa shape index (κ2) is 5.71. The Morgan fingerprint density at radius 2 is 1.82 bits per heavy atom. The SMILES string of the molecule is CCC(C)(CNC(C)(C)C)CC1CCC(C)O1. The molecule has 0 radical (unpaired) electrons. The van der Waals surface area contributed by atoms with Crippen molar-refractivity contribution in [2.45, 2.75) is 85.0 Å². The summed E-state index contributed by atoms with van der Waals surface area (Å²) in [6.45, 7) is 14.7. The van der Waals surface area contributed by atoms with Crippen LogP contribution in [0.4, 0.5) is 0 Å². The van der Waals surface area contributed by atoms with Crippen molar-refractivity contribution in [1.29, 1.82) is 0 Å². The fraction of sp³-hybridized carbons (Fsp3) is 1.00. The molecule has 0 aromatic rings. The van der Waals surface area contributed by atoms with E-state index < -0.39 is 0 Å². The Hall–Kier alpha value is -0.0800. The molecule has 0 aromatic carbocycles. The Kier molecular flexibility index (Phi) is 5.03. The molecule has 0 saturated carbocycles. The average Bonchev–Trinajstić information content (AvgIpc) is 2.60. The van der Waals surface area contributed by atoms with Gasteiger partial charge >= 0.3 is 0 Å². The van der Waals surface area contributed by atoms with Crippen LogP contribution in [0.15, 0.2) is 0 Å². The molecule has 2 nitrogen and oxygen atoms in total. The highest BCUT2D eigenvalue weighted by molar-refractivity contribution is 4.85. The van der Waals surface area contributed by atoms with Crippen LogP contribution in [-0.2, 0) is 4.74 Å². The Balaban J connectivity index is 2.44. The standard InChI is InChI=1S/C15H31NO/c1-7-15(6,11-16-14(3,4)5)10-13-9-8-12(2)17-13/h12-13,16H,7-11H2,1-6H3. The van der Waals surface area contributed by atoms with E-state index in [1.165, 1.54) is 25.7 Å². The van der Waals surface area contributed by atoms with Gasteiger partial charge < -0.3 is 10.1 Å². The molecule has 1 rings (SSSR count). The largest absolute Gasteiger partial charge is 0.375 e. The summed E-state index contributed by atoms with van der Waals surface area (Å²) in [6, 6.07) is 0. The van der Waals surface area contributed by atoms with E-state index in [0.29, 0.717) is 17.6 Å². The zero-order chi connectivity index (χ0) is 13.1. The van der Waals surface area contributed by atoms with Gasteiger partial charge in [0.15, 0.2) is 0 Å². The summed E-state index contributed by atoms with van der Waals surface area (Å²) in [5.74, 6) is 0. The van der Waals surface area contributed by atoms with E-state index in [4.69, 9.17) is 4.74 Å². The maximum Gasteiger partial charge on any atom is 0.0585 e. The van der Waals surface area contributed by atoms with Crippen molar-refractivity contribution in [3.05, 3.63) is 0 Å². The van der Waals surface area contributed by atoms with Crippen LogP contribution < -0.4 is 5.32 Å². The molecule has 1 aliphatic rings. The Morgan fingerprint density at radius 1 is 1.18 bits per heavy atom. The van der Waals surface area contributed by atoms with Gasteiger partial charge in [-0.25, -0.2) is 0 Å². The monoisotopic (exact) mass is 241 g/mol. The van der Waals surface area contributed by atoms with E-state index in [0.717, 1.165) is 6.54 Å². The van der Waals surface area contributed by atoms with E-state index in [2.05, 4.69) is 46.9 Å². The molecule has 3 atom stereocenters. The van der Waals surface area contributed by atoms with E-state index >= 15 is 0 Å². The first kappa shape index (κ1) is 15.0. The first-order valence-electron chi connectivity index (χ1n) is 7.14. The minimum Gasteiger partial charge on any atom is -0.375 e.